The molecule has 1 aromatic carbocycles. The lowest BCUT2D eigenvalue weighted by molar-refractivity contribution is -0.127. The normalized spacial score (nSPS) is 12.4. The second-order valence-corrected chi connectivity index (χ2v) is 5.07. The topological polar surface area (TPSA) is 49.8 Å². The fourth-order valence-electron chi connectivity index (χ4n) is 1.51. The molecule has 1 aromatic rings. The van der Waals surface area contributed by atoms with Crippen molar-refractivity contribution < 1.29 is 14.6 Å². The maximum absolute atomic E-state index is 12.0. The molecule has 1 N–H and O–H groups in total. The molecule has 0 aromatic heterocycles. The van der Waals surface area contributed by atoms with E-state index in [1.54, 1.807) is 27.0 Å². The van der Waals surface area contributed by atoms with Gasteiger partial charge in [-0.15, -0.1) is 0 Å². The second kappa shape index (κ2) is 6.17. The van der Waals surface area contributed by atoms with Crippen molar-refractivity contribution in [3.63, 3.8) is 0 Å². The molecule has 0 heterocycles. The number of rotatable bonds is 4. The maximum atomic E-state index is 12.0. The van der Waals surface area contributed by atoms with Gasteiger partial charge in [-0.3, -0.25) is 9.46 Å². The molecule has 1 unspecified atom stereocenters. The van der Waals surface area contributed by atoms with Gasteiger partial charge in [0.25, 0.3) is 5.91 Å². The van der Waals surface area contributed by atoms with Crippen LogP contribution in [0.15, 0.2) is 18.2 Å². The number of ether oxygens (including phenoxy) is 1. The fourth-order valence-corrected chi connectivity index (χ4v) is 1.83. The number of aliphatic hydroxyl groups excluding tert-OH is 1. The number of hydrogen-bond donors (Lipinski definition) is 1. The number of carbonyl (C=O) groups is 1. The van der Waals surface area contributed by atoms with Crippen LogP contribution < -0.4 is 9.41 Å². The molecule has 0 radical (unpaired) electrons. The van der Waals surface area contributed by atoms with Gasteiger partial charge in [0, 0.05) is 6.07 Å². The summed E-state index contributed by atoms with van der Waals surface area (Å²) in [5.74, 6) is 0.251. The first kappa shape index (κ1) is 14.9. The second-order valence-electron chi connectivity index (χ2n) is 4.55. The standard InChI is InChI=1S/C13H20NO3P/c1-8(2)12(15)13(16)14(18)10-6-5-9(3)11(7-10)17-4/h5-8,12,15H,18H2,1-4H3/t12-/m0/s1. The van der Waals surface area contributed by atoms with Crippen LogP contribution in [-0.2, 0) is 4.79 Å². The number of benzene rings is 1. The van der Waals surface area contributed by atoms with Crippen molar-refractivity contribution in [2.24, 2.45) is 5.92 Å². The van der Waals surface area contributed by atoms with Gasteiger partial charge in [-0.05, 0) is 33.9 Å². The van der Waals surface area contributed by atoms with Gasteiger partial charge in [0.2, 0.25) is 0 Å². The molecule has 0 spiro atoms. The molecule has 0 fully saturated rings. The van der Waals surface area contributed by atoms with Gasteiger partial charge in [0.1, 0.15) is 11.9 Å². The Morgan fingerprint density at radius 2 is 2.06 bits per heavy atom. The molecule has 0 aliphatic carbocycles. The Bertz CT molecular complexity index is 434. The van der Waals surface area contributed by atoms with Crippen LogP contribution >= 0.6 is 9.39 Å². The number of hydrogen-bond acceptors (Lipinski definition) is 3. The number of aryl methyl sites for hydroxylation is 1. The SMILES string of the molecule is COc1cc(N(P)C(=O)[C@@H](O)C(C)C)ccc1C. The van der Waals surface area contributed by atoms with Gasteiger partial charge in [-0.1, -0.05) is 19.9 Å². The zero-order chi connectivity index (χ0) is 13.9. The number of aliphatic hydroxyl groups is 1. The molecule has 1 amide bonds. The van der Waals surface area contributed by atoms with Gasteiger partial charge in [-0.25, -0.2) is 0 Å². The van der Waals surface area contributed by atoms with Gasteiger partial charge in [0.15, 0.2) is 0 Å². The van der Waals surface area contributed by atoms with Crippen molar-refractivity contribution in [2.75, 3.05) is 11.8 Å². The van der Waals surface area contributed by atoms with Gasteiger partial charge in [-0.2, -0.15) is 0 Å². The summed E-state index contributed by atoms with van der Waals surface area (Å²) in [4.78, 5) is 12.0. The summed E-state index contributed by atoms with van der Waals surface area (Å²) >= 11 is 0. The van der Waals surface area contributed by atoms with Gasteiger partial charge in [0.05, 0.1) is 12.8 Å². The smallest absolute Gasteiger partial charge is 0.258 e. The molecule has 0 saturated heterocycles. The third-order valence-electron chi connectivity index (χ3n) is 2.79. The van der Waals surface area contributed by atoms with E-state index in [0.717, 1.165) is 5.56 Å². The number of carbonyl (C=O) groups excluding carboxylic acids is 1. The van der Waals surface area contributed by atoms with E-state index >= 15 is 0 Å². The minimum Gasteiger partial charge on any atom is -0.496 e. The number of nitrogens with zero attached hydrogens (tertiary/aromatic N) is 1. The van der Waals surface area contributed by atoms with Crippen LogP contribution in [0.1, 0.15) is 19.4 Å². The Morgan fingerprint density at radius 1 is 1.44 bits per heavy atom. The van der Waals surface area contributed by atoms with Crippen LogP contribution in [0, 0.1) is 12.8 Å². The first-order valence-corrected chi connectivity index (χ1v) is 6.31. The third kappa shape index (κ3) is 3.21. The van der Waals surface area contributed by atoms with Gasteiger partial charge < -0.3 is 9.84 Å². The van der Waals surface area contributed by atoms with Crippen LogP contribution in [0.5, 0.6) is 5.75 Å². The molecule has 4 nitrogen and oxygen atoms in total. The maximum Gasteiger partial charge on any atom is 0.258 e. The van der Waals surface area contributed by atoms with Crippen molar-refractivity contribution in [3.8, 4) is 5.75 Å². The lowest BCUT2D eigenvalue weighted by Gasteiger charge is -2.23. The van der Waals surface area contributed by atoms with E-state index in [0.29, 0.717) is 11.4 Å². The van der Waals surface area contributed by atoms with Crippen molar-refractivity contribution in [1.29, 1.82) is 0 Å². The average Bonchev–Trinajstić information content (AvgIpc) is 2.36. The Kier molecular flexibility index (Phi) is 5.12. The zero-order valence-electron chi connectivity index (χ0n) is 11.2. The number of anilines is 1. The number of amides is 1. The highest BCUT2D eigenvalue weighted by atomic mass is 31.0. The molecule has 0 bridgehead atoms. The Morgan fingerprint density at radius 3 is 2.56 bits per heavy atom. The highest BCUT2D eigenvalue weighted by Gasteiger charge is 2.23. The summed E-state index contributed by atoms with van der Waals surface area (Å²) in [5, 5.41) is 9.77. The lowest BCUT2D eigenvalue weighted by Crippen LogP contribution is -2.35. The highest BCUT2D eigenvalue weighted by Crippen LogP contribution is 2.28. The predicted molar refractivity (Wildman–Crippen MR) is 75.8 cm³/mol. The van der Waals surface area contributed by atoms with E-state index in [-0.39, 0.29) is 11.8 Å². The summed E-state index contributed by atoms with van der Waals surface area (Å²) in [6.07, 6.45) is -1.00. The van der Waals surface area contributed by atoms with Crippen molar-refractivity contribution >= 4 is 21.0 Å². The number of methoxy groups -OCH3 is 1. The van der Waals surface area contributed by atoms with Gasteiger partial charge >= 0.3 is 0 Å². The van der Waals surface area contributed by atoms with Crippen LogP contribution in [0.3, 0.4) is 0 Å². The monoisotopic (exact) mass is 269 g/mol. The van der Waals surface area contributed by atoms with Crippen molar-refractivity contribution in [1.82, 2.24) is 0 Å². The van der Waals surface area contributed by atoms with Crippen LogP contribution in [0.2, 0.25) is 0 Å². The Balaban J connectivity index is 2.97. The Labute approximate surface area is 110 Å². The van der Waals surface area contributed by atoms with E-state index in [1.165, 1.54) is 4.67 Å². The summed E-state index contributed by atoms with van der Waals surface area (Å²) < 4.78 is 6.58. The summed E-state index contributed by atoms with van der Waals surface area (Å²) in [5.41, 5.74) is 1.67. The average molecular weight is 269 g/mol. The molecule has 5 heteroatoms. The lowest BCUT2D eigenvalue weighted by atomic mass is 10.1. The minimum absolute atomic E-state index is 0.118. The molecular weight excluding hydrogens is 249 g/mol. The molecule has 0 saturated carbocycles. The molecular formula is C13H20NO3P. The van der Waals surface area contributed by atoms with Crippen LogP contribution in [0.4, 0.5) is 5.69 Å². The molecule has 2 atom stereocenters. The van der Waals surface area contributed by atoms with E-state index in [4.69, 9.17) is 4.74 Å². The molecule has 18 heavy (non-hydrogen) atoms. The molecule has 100 valence electrons. The summed E-state index contributed by atoms with van der Waals surface area (Å²) in [7, 11) is 3.92. The quantitative estimate of drug-likeness (QED) is 0.852. The summed E-state index contributed by atoms with van der Waals surface area (Å²) in [6, 6.07) is 5.46. The van der Waals surface area contributed by atoms with E-state index in [9.17, 15) is 9.90 Å². The summed E-state index contributed by atoms with van der Waals surface area (Å²) in [6.45, 7) is 5.54. The fraction of sp³-hybridized carbons (Fsp3) is 0.462. The molecule has 0 aliphatic rings. The molecule has 0 aliphatic heterocycles. The van der Waals surface area contributed by atoms with E-state index in [2.05, 4.69) is 9.39 Å². The van der Waals surface area contributed by atoms with Crippen LogP contribution in [0.25, 0.3) is 0 Å². The zero-order valence-corrected chi connectivity index (χ0v) is 12.3. The van der Waals surface area contributed by atoms with E-state index in [1.807, 2.05) is 19.1 Å². The van der Waals surface area contributed by atoms with Crippen molar-refractivity contribution in [3.05, 3.63) is 23.8 Å². The largest absolute Gasteiger partial charge is 0.496 e. The first-order chi connectivity index (χ1) is 8.38. The van der Waals surface area contributed by atoms with Crippen molar-refractivity contribution in [2.45, 2.75) is 26.9 Å². The van der Waals surface area contributed by atoms with E-state index < -0.39 is 6.10 Å². The van der Waals surface area contributed by atoms with Crippen LogP contribution in [-0.4, -0.2) is 24.2 Å². The predicted octanol–water partition coefficient (Wildman–Crippen LogP) is 2.14. The molecule has 1 rings (SSSR count). The minimum atomic E-state index is -1.00. The highest BCUT2D eigenvalue weighted by molar-refractivity contribution is 7.21. The third-order valence-corrected chi connectivity index (χ3v) is 3.34. The Hall–Kier alpha value is -1.12. The first-order valence-electron chi connectivity index (χ1n) is 5.79.